The maximum atomic E-state index is 6.14. The van der Waals surface area contributed by atoms with E-state index in [1.54, 1.807) is 11.3 Å². The Bertz CT molecular complexity index is 739. The molecule has 1 aromatic heterocycles. The molecule has 2 nitrogen and oxygen atoms in total. The number of hydrogen-bond donors (Lipinski definition) is 1. The van der Waals surface area contributed by atoms with Gasteiger partial charge in [0.15, 0.2) is 0 Å². The highest BCUT2D eigenvalue weighted by Crippen LogP contribution is 2.29. The summed E-state index contributed by atoms with van der Waals surface area (Å²) in [5.41, 5.74) is 2.30. The van der Waals surface area contributed by atoms with Gasteiger partial charge in [0.2, 0.25) is 0 Å². The third-order valence-corrected chi connectivity index (χ3v) is 5.68. The molecule has 0 bridgehead atoms. The Kier molecular flexibility index (Phi) is 4.78. The van der Waals surface area contributed by atoms with E-state index in [1.807, 2.05) is 25.2 Å². The van der Waals surface area contributed by atoms with Crippen molar-refractivity contribution in [2.24, 2.45) is 0 Å². The van der Waals surface area contributed by atoms with Crippen LogP contribution in [0.1, 0.15) is 16.6 Å². The number of rotatable bonds is 4. The number of benzene rings is 2. The van der Waals surface area contributed by atoms with E-state index >= 15 is 0 Å². The lowest BCUT2D eigenvalue weighted by atomic mass is 10.0. The molecule has 3 rings (SSSR count). The van der Waals surface area contributed by atoms with Crippen LogP contribution in [0.5, 0.6) is 0 Å². The fraction of sp³-hybridized carbons (Fsp3) is 0.188. The number of fused-ring (bicyclic) bond motifs is 1. The molecule has 0 saturated heterocycles. The molecule has 21 heavy (non-hydrogen) atoms. The molecule has 0 amide bonds. The maximum Gasteiger partial charge on any atom is 0.0957 e. The summed E-state index contributed by atoms with van der Waals surface area (Å²) in [5.74, 6) is 0. The molecule has 1 N–H and O–H groups in total. The van der Waals surface area contributed by atoms with Crippen LogP contribution in [0.3, 0.4) is 0 Å². The van der Waals surface area contributed by atoms with E-state index in [-0.39, 0.29) is 6.04 Å². The van der Waals surface area contributed by atoms with E-state index in [1.165, 1.54) is 13.8 Å². The zero-order valence-electron chi connectivity index (χ0n) is 11.4. The fourth-order valence-electron chi connectivity index (χ4n) is 2.33. The number of hydrogen-bond acceptors (Lipinski definition) is 3. The molecule has 0 saturated carbocycles. The summed E-state index contributed by atoms with van der Waals surface area (Å²) < 4.78 is 2.46. The molecule has 1 atom stereocenters. The predicted octanol–water partition coefficient (Wildman–Crippen LogP) is 5.06. The van der Waals surface area contributed by atoms with Gasteiger partial charge in [-0.15, -0.1) is 11.3 Å². The van der Waals surface area contributed by atoms with Gasteiger partial charge in [0.25, 0.3) is 0 Å². The van der Waals surface area contributed by atoms with Gasteiger partial charge in [-0.2, -0.15) is 0 Å². The van der Waals surface area contributed by atoms with Crippen molar-refractivity contribution in [2.75, 3.05) is 7.05 Å². The molecule has 2 aromatic carbocycles. The van der Waals surface area contributed by atoms with Crippen molar-refractivity contribution < 1.29 is 0 Å². The smallest absolute Gasteiger partial charge is 0.0957 e. The van der Waals surface area contributed by atoms with Crippen molar-refractivity contribution in [1.29, 1.82) is 0 Å². The number of nitrogens with zero attached hydrogens (tertiary/aromatic N) is 1. The van der Waals surface area contributed by atoms with Crippen LogP contribution in [0.2, 0.25) is 5.02 Å². The van der Waals surface area contributed by atoms with E-state index in [4.69, 9.17) is 16.6 Å². The summed E-state index contributed by atoms with van der Waals surface area (Å²) in [6, 6.07) is 14.5. The molecule has 1 unspecified atom stereocenters. The van der Waals surface area contributed by atoms with Gasteiger partial charge in [-0.05, 0) is 65.5 Å². The number of likely N-dealkylation sites (N-methyl/N-ethyl adjacent to an activating group) is 1. The molecule has 0 radical (unpaired) electrons. The first kappa shape index (κ1) is 15.2. The van der Waals surface area contributed by atoms with Gasteiger partial charge in [-0.1, -0.05) is 23.7 Å². The molecule has 108 valence electrons. The molecular formula is C16H14ClIN2S. The van der Waals surface area contributed by atoms with Crippen LogP contribution in [-0.4, -0.2) is 12.0 Å². The van der Waals surface area contributed by atoms with E-state index in [9.17, 15) is 0 Å². The van der Waals surface area contributed by atoms with Crippen LogP contribution >= 0.6 is 45.5 Å². The Morgan fingerprint density at radius 2 is 2.10 bits per heavy atom. The van der Waals surface area contributed by atoms with Gasteiger partial charge < -0.3 is 5.32 Å². The second-order valence-corrected chi connectivity index (χ2v) is 7.50. The summed E-state index contributed by atoms with van der Waals surface area (Å²) in [4.78, 5) is 4.72. The fourth-order valence-corrected chi connectivity index (χ4v) is 4.24. The van der Waals surface area contributed by atoms with Crippen LogP contribution in [0, 0.1) is 3.57 Å². The first-order valence-electron chi connectivity index (χ1n) is 6.64. The summed E-state index contributed by atoms with van der Waals surface area (Å²) in [7, 11) is 1.98. The van der Waals surface area contributed by atoms with Crippen LogP contribution in [0.25, 0.3) is 10.2 Å². The van der Waals surface area contributed by atoms with Gasteiger partial charge in [0, 0.05) is 21.1 Å². The van der Waals surface area contributed by atoms with Crippen molar-refractivity contribution in [2.45, 2.75) is 12.5 Å². The van der Waals surface area contributed by atoms with Crippen molar-refractivity contribution >= 4 is 55.7 Å². The van der Waals surface area contributed by atoms with Gasteiger partial charge in [0.05, 0.1) is 15.2 Å². The van der Waals surface area contributed by atoms with Gasteiger partial charge in [-0.25, -0.2) is 4.98 Å². The summed E-state index contributed by atoms with van der Waals surface area (Å²) in [6.07, 6.45) is 0.867. The third kappa shape index (κ3) is 3.39. The first-order chi connectivity index (χ1) is 10.2. The molecule has 0 spiro atoms. The third-order valence-electron chi connectivity index (χ3n) is 3.40. The van der Waals surface area contributed by atoms with Crippen LogP contribution in [0.15, 0.2) is 42.5 Å². The second kappa shape index (κ2) is 6.60. The number of aromatic nitrogens is 1. The van der Waals surface area contributed by atoms with Crippen molar-refractivity contribution in [3.8, 4) is 0 Å². The average Bonchev–Trinajstić information content (AvgIpc) is 2.90. The molecule has 0 fully saturated rings. The lowest BCUT2D eigenvalue weighted by Gasteiger charge is -2.17. The standard InChI is InChI=1S/C16H14ClIN2S/c1-19-14(11-8-10(17)6-7-12(11)18)9-16-20-13-4-2-3-5-15(13)21-16/h2-8,14,19H,9H2,1H3. The van der Waals surface area contributed by atoms with Gasteiger partial charge in [-0.3, -0.25) is 0 Å². The Balaban J connectivity index is 1.91. The normalized spacial score (nSPS) is 12.7. The topological polar surface area (TPSA) is 24.9 Å². The van der Waals surface area contributed by atoms with Crippen LogP contribution < -0.4 is 5.32 Å². The number of halogens is 2. The summed E-state index contributed by atoms with van der Waals surface area (Å²) in [5, 5.41) is 5.30. The van der Waals surface area contributed by atoms with Crippen molar-refractivity contribution in [1.82, 2.24) is 10.3 Å². The lowest BCUT2D eigenvalue weighted by Crippen LogP contribution is -2.19. The molecule has 0 aliphatic heterocycles. The molecular weight excluding hydrogens is 415 g/mol. The highest BCUT2D eigenvalue weighted by molar-refractivity contribution is 14.1. The van der Waals surface area contributed by atoms with Crippen LogP contribution in [-0.2, 0) is 6.42 Å². The minimum absolute atomic E-state index is 0.219. The highest BCUT2D eigenvalue weighted by atomic mass is 127. The Morgan fingerprint density at radius 3 is 2.86 bits per heavy atom. The summed E-state index contributed by atoms with van der Waals surface area (Å²) in [6.45, 7) is 0. The van der Waals surface area contributed by atoms with Crippen molar-refractivity contribution in [3.63, 3.8) is 0 Å². The first-order valence-corrected chi connectivity index (χ1v) is 8.91. The number of para-hydroxylation sites is 1. The minimum atomic E-state index is 0.219. The summed E-state index contributed by atoms with van der Waals surface area (Å²) >= 11 is 10.3. The molecule has 1 heterocycles. The SMILES string of the molecule is CNC(Cc1nc2ccccc2s1)c1cc(Cl)ccc1I. The van der Waals surface area contributed by atoms with E-state index < -0.39 is 0 Å². The zero-order chi connectivity index (χ0) is 14.8. The van der Waals surface area contributed by atoms with Gasteiger partial charge in [0.1, 0.15) is 0 Å². The van der Waals surface area contributed by atoms with E-state index in [2.05, 4.69) is 52.2 Å². The van der Waals surface area contributed by atoms with Crippen LogP contribution in [0.4, 0.5) is 0 Å². The number of thiazole rings is 1. The quantitative estimate of drug-likeness (QED) is 0.588. The second-order valence-electron chi connectivity index (χ2n) is 4.79. The van der Waals surface area contributed by atoms with Gasteiger partial charge >= 0.3 is 0 Å². The Morgan fingerprint density at radius 1 is 1.29 bits per heavy atom. The zero-order valence-corrected chi connectivity index (χ0v) is 15.2. The largest absolute Gasteiger partial charge is 0.313 e. The molecule has 5 heteroatoms. The lowest BCUT2D eigenvalue weighted by molar-refractivity contribution is 0.588. The monoisotopic (exact) mass is 428 g/mol. The number of nitrogens with one attached hydrogen (secondary N) is 1. The predicted molar refractivity (Wildman–Crippen MR) is 99.3 cm³/mol. The minimum Gasteiger partial charge on any atom is -0.313 e. The average molecular weight is 429 g/mol. The molecule has 0 aliphatic rings. The van der Waals surface area contributed by atoms with E-state index in [0.29, 0.717) is 0 Å². The molecule has 3 aromatic rings. The maximum absolute atomic E-state index is 6.14. The van der Waals surface area contributed by atoms with E-state index in [0.717, 1.165) is 22.0 Å². The highest BCUT2D eigenvalue weighted by Gasteiger charge is 2.16. The Labute approximate surface area is 146 Å². The molecule has 0 aliphatic carbocycles. The van der Waals surface area contributed by atoms with Crippen molar-refractivity contribution in [3.05, 3.63) is 61.6 Å². The Hall–Kier alpha value is -0.690.